The number of rotatable bonds is 4. The first-order chi connectivity index (χ1) is 7.07. The third-order valence-corrected chi connectivity index (χ3v) is 3.66. The standard InChI is InChI=1S/C6H12N2O6S2/c7-15(10,11)3-5-1-6(9)8(2-5)4-16(12,13)14/h5H,1-4H2,(H2,7,10,11)(H,12,13,14). The Hall–Kier alpha value is -0.710. The third kappa shape index (κ3) is 4.43. The Bertz CT molecular complexity index is 481. The Kier molecular flexibility index (Phi) is 3.57. The minimum atomic E-state index is -4.28. The van der Waals surface area contributed by atoms with E-state index in [4.69, 9.17) is 9.69 Å². The number of primary sulfonamides is 1. The summed E-state index contributed by atoms with van der Waals surface area (Å²) in [5.74, 6) is -2.22. The molecule has 94 valence electrons. The molecule has 0 saturated carbocycles. The quantitative estimate of drug-likeness (QED) is 0.566. The summed E-state index contributed by atoms with van der Waals surface area (Å²) in [6, 6.07) is 0. The van der Waals surface area contributed by atoms with E-state index in [0.29, 0.717) is 0 Å². The van der Waals surface area contributed by atoms with Crippen molar-refractivity contribution in [1.82, 2.24) is 4.90 Å². The van der Waals surface area contributed by atoms with E-state index in [1.165, 1.54) is 0 Å². The van der Waals surface area contributed by atoms with E-state index in [1.54, 1.807) is 0 Å². The summed E-state index contributed by atoms with van der Waals surface area (Å²) in [6.07, 6.45) is -0.0774. The van der Waals surface area contributed by atoms with Crippen molar-refractivity contribution in [2.75, 3.05) is 18.2 Å². The molecule has 16 heavy (non-hydrogen) atoms. The summed E-state index contributed by atoms with van der Waals surface area (Å²) in [6.45, 7) is -0.0327. The van der Waals surface area contributed by atoms with Gasteiger partial charge in [0.2, 0.25) is 15.9 Å². The molecule has 0 aromatic heterocycles. The highest BCUT2D eigenvalue weighted by atomic mass is 32.2. The molecule has 0 spiro atoms. The molecule has 0 bridgehead atoms. The van der Waals surface area contributed by atoms with E-state index in [0.717, 1.165) is 4.90 Å². The second-order valence-corrected chi connectivity index (χ2v) is 6.81. The Morgan fingerprint density at radius 3 is 2.38 bits per heavy atom. The predicted octanol–water partition coefficient (Wildman–Crippen LogP) is -2.03. The molecule has 8 nitrogen and oxygen atoms in total. The molecule has 3 N–H and O–H groups in total. The molecule has 1 rings (SSSR count). The van der Waals surface area contributed by atoms with Gasteiger partial charge in [-0.2, -0.15) is 8.42 Å². The van der Waals surface area contributed by atoms with Gasteiger partial charge in [-0.1, -0.05) is 0 Å². The normalized spacial score (nSPS) is 22.8. The molecule has 1 amide bonds. The Morgan fingerprint density at radius 2 is 1.94 bits per heavy atom. The molecular formula is C6H12N2O6S2. The molecule has 0 aliphatic carbocycles. The fourth-order valence-corrected chi connectivity index (χ4v) is 3.14. The van der Waals surface area contributed by atoms with Crippen molar-refractivity contribution in [2.24, 2.45) is 11.1 Å². The molecule has 1 unspecified atom stereocenters. The maximum absolute atomic E-state index is 11.3. The monoisotopic (exact) mass is 272 g/mol. The summed E-state index contributed by atoms with van der Waals surface area (Å²) in [4.78, 5) is 12.2. The van der Waals surface area contributed by atoms with E-state index in [1.807, 2.05) is 0 Å². The third-order valence-electron chi connectivity index (χ3n) is 2.08. The second kappa shape index (κ2) is 4.28. The van der Waals surface area contributed by atoms with Crippen LogP contribution in [0.4, 0.5) is 0 Å². The highest BCUT2D eigenvalue weighted by molar-refractivity contribution is 7.89. The summed E-state index contributed by atoms with van der Waals surface area (Å²) in [5.41, 5.74) is 0. The van der Waals surface area contributed by atoms with Crippen molar-refractivity contribution in [1.29, 1.82) is 0 Å². The lowest BCUT2D eigenvalue weighted by atomic mass is 10.1. The van der Waals surface area contributed by atoms with Crippen molar-refractivity contribution in [3.8, 4) is 0 Å². The van der Waals surface area contributed by atoms with Crippen LogP contribution in [0.3, 0.4) is 0 Å². The smallest absolute Gasteiger partial charge is 0.283 e. The number of amides is 1. The van der Waals surface area contributed by atoms with Crippen LogP contribution in [0.2, 0.25) is 0 Å². The van der Waals surface area contributed by atoms with Crippen LogP contribution in [-0.4, -0.2) is 50.4 Å². The number of nitrogens with two attached hydrogens (primary N) is 1. The van der Waals surface area contributed by atoms with Gasteiger partial charge in [-0.25, -0.2) is 13.6 Å². The molecule has 0 aromatic rings. The van der Waals surface area contributed by atoms with Gasteiger partial charge in [0.1, 0.15) is 5.88 Å². The minimum absolute atomic E-state index is 0.0327. The van der Waals surface area contributed by atoms with Crippen LogP contribution in [-0.2, 0) is 24.9 Å². The predicted molar refractivity (Wildman–Crippen MR) is 54.2 cm³/mol. The molecule has 1 aliphatic rings. The number of hydrogen-bond acceptors (Lipinski definition) is 5. The van der Waals surface area contributed by atoms with E-state index in [2.05, 4.69) is 0 Å². The number of nitrogens with zero attached hydrogens (tertiary/aromatic N) is 1. The zero-order valence-corrected chi connectivity index (χ0v) is 9.87. The van der Waals surface area contributed by atoms with Gasteiger partial charge in [-0.15, -0.1) is 0 Å². The SMILES string of the molecule is NS(=O)(=O)CC1CC(=O)N(CS(=O)(=O)O)C1. The van der Waals surface area contributed by atoms with Crippen molar-refractivity contribution in [3.63, 3.8) is 0 Å². The first-order valence-electron chi connectivity index (χ1n) is 4.30. The van der Waals surface area contributed by atoms with Crippen LogP contribution >= 0.6 is 0 Å². The molecule has 1 aliphatic heterocycles. The highest BCUT2D eigenvalue weighted by Gasteiger charge is 2.33. The number of carbonyl (C=O) groups excluding carboxylic acids is 1. The number of sulfonamides is 1. The first-order valence-corrected chi connectivity index (χ1v) is 7.63. The van der Waals surface area contributed by atoms with Crippen molar-refractivity contribution in [3.05, 3.63) is 0 Å². The van der Waals surface area contributed by atoms with Gasteiger partial charge in [0, 0.05) is 18.9 Å². The molecule has 1 heterocycles. The summed E-state index contributed by atoms with van der Waals surface area (Å²) in [7, 11) is -7.97. The summed E-state index contributed by atoms with van der Waals surface area (Å²) < 4.78 is 51.2. The lowest BCUT2D eigenvalue weighted by Crippen LogP contribution is -2.32. The van der Waals surface area contributed by atoms with Crippen LogP contribution in [0.15, 0.2) is 0 Å². The Labute approximate surface area is 93.2 Å². The van der Waals surface area contributed by atoms with Gasteiger partial charge in [0.25, 0.3) is 10.1 Å². The van der Waals surface area contributed by atoms with Crippen LogP contribution in [0.1, 0.15) is 6.42 Å². The second-order valence-electron chi connectivity index (χ2n) is 3.73. The molecule has 0 aromatic carbocycles. The van der Waals surface area contributed by atoms with Crippen LogP contribution in [0.25, 0.3) is 0 Å². The van der Waals surface area contributed by atoms with Crippen molar-refractivity contribution >= 4 is 26.0 Å². The van der Waals surface area contributed by atoms with E-state index in [-0.39, 0.29) is 18.7 Å². The van der Waals surface area contributed by atoms with Gasteiger partial charge in [-0.3, -0.25) is 9.35 Å². The minimum Gasteiger partial charge on any atom is -0.326 e. The number of carbonyl (C=O) groups is 1. The van der Waals surface area contributed by atoms with Gasteiger partial charge in [-0.05, 0) is 0 Å². The molecule has 10 heteroatoms. The zero-order valence-electron chi connectivity index (χ0n) is 8.24. The Morgan fingerprint density at radius 1 is 1.38 bits per heavy atom. The van der Waals surface area contributed by atoms with Gasteiger partial charge < -0.3 is 4.90 Å². The maximum atomic E-state index is 11.3. The fourth-order valence-electron chi connectivity index (χ4n) is 1.62. The summed E-state index contributed by atoms with van der Waals surface area (Å²) in [5, 5.41) is 4.81. The van der Waals surface area contributed by atoms with E-state index >= 15 is 0 Å². The number of hydrogen-bond donors (Lipinski definition) is 2. The number of likely N-dealkylation sites (tertiary alicyclic amines) is 1. The zero-order chi connectivity index (χ0) is 12.6. The fraction of sp³-hybridized carbons (Fsp3) is 0.833. The van der Waals surface area contributed by atoms with E-state index in [9.17, 15) is 21.6 Å². The Balaban J connectivity index is 2.65. The lowest BCUT2D eigenvalue weighted by Gasteiger charge is -2.13. The highest BCUT2D eigenvalue weighted by Crippen LogP contribution is 2.19. The summed E-state index contributed by atoms with van der Waals surface area (Å²) >= 11 is 0. The van der Waals surface area contributed by atoms with Crippen molar-refractivity contribution < 1.29 is 26.2 Å². The maximum Gasteiger partial charge on any atom is 0.283 e. The molecular weight excluding hydrogens is 260 g/mol. The molecule has 1 atom stereocenters. The topological polar surface area (TPSA) is 135 Å². The van der Waals surface area contributed by atoms with Gasteiger partial charge >= 0.3 is 0 Å². The molecule has 1 saturated heterocycles. The lowest BCUT2D eigenvalue weighted by molar-refractivity contribution is -0.127. The van der Waals surface area contributed by atoms with Crippen LogP contribution in [0, 0.1) is 5.92 Å². The van der Waals surface area contributed by atoms with Gasteiger partial charge in [0.05, 0.1) is 5.75 Å². The van der Waals surface area contributed by atoms with E-state index < -0.39 is 37.8 Å². The molecule has 1 fully saturated rings. The van der Waals surface area contributed by atoms with Crippen LogP contribution < -0.4 is 5.14 Å². The molecule has 0 radical (unpaired) electrons. The first kappa shape index (κ1) is 13.4. The van der Waals surface area contributed by atoms with Crippen LogP contribution in [0.5, 0.6) is 0 Å². The average molecular weight is 272 g/mol. The largest absolute Gasteiger partial charge is 0.326 e. The average Bonchev–Trinajstić information content (AvgIpc) is 2.23. The van der Waals surface area contributed by atoms with Gasteiger partial charge in [0.15, 0.2) is 0 Å². The van der Waals surface area contributed by atoms with Crippen molar-refractivity contribution in [2.45, 2.75) is 6.42 Å².